The summed E-state index contributed by atoms with van der Waals surface area (Å²) in [6.45, 7) is 0.913. The Kier molecular flexibility index (Phi) is 4.28. The minimum absolute atomic E-state index is 0.0444. The molecule has 1 aliphatic rings. The molecule has 0 saturated carbocycles. The van der Waals surface area contributed by atoms with E-state index >= 15 is 0 Å². The molecule has 134 valence electrons. The second kappa shape index (κ2) is 6.61. The van der Waals surface area contributed by atoms with Gasteiger partial charge in [-0.15, -0.1) is 0 Å². The van der Waals surface area contributed by atoms with Crippen LogP contribution in [0.25, 0.3) is 10.9 Å². The maximum absolute atomic E-state index is 12.8. The van der Waals surface area contributed by atoms with Crippen LogP contribution in [0.3, 0.4) is 0 Å². The molecule has 0 unspecified atom stereocenters. The smallest absolute Gasteiger partial charge is 0.253 e. The quantitative estimate of drug-likeness (QED) is 0.771. The summed E-state index contributed by atoms with van der Waals surface area (Å²) in [7, 11) is -3.34. The summed E-state index contributed by atoms with van der Waals surface area (Å²) in [6, 6.07) is 16.1. The van der Waals surface area contributed by atoms with Gasteiger partial charge < -0.3 is 9.88 Å². The van der Waals surface area contributed by atoms with Crippen LogP contribution in [-0.4, -0.2) is 42.5 Å². The molecule has 0 radical (unpaired) electrons. The number of aromatic amines is 1. The molecule has 2 aromatic carbocycles. The van der Waals surface area contributed by atoms with E-state index in [4.69, 9.17) is 0 Å². The predicted molar refractivity (Wildman–Crippen MR) is 101 cm³/mol. The molecule has 1 aliphatic heterocycles. The van der Waals surface area contributed by atoms with Gasteiger partial charge >= 0.3 is 0 Å². The van der Waals surface area contributed by atoms with Crippen molar-refractivity contribution in [2.45, 2.75) is 23.0 Å². The second-order valence-corrected chi connectivity index (χ2v) is 8.86. The molecule has 6 heteroatoms. The Morgan fingerprint density at radius 2 is 1.73 bits per heavy atom. The van der Waals surface area contributed by atoms with Gasteiger partial charge in [0.15, 0.2) is 9.84 Å². The Bertz CT molecular complexity index is 1030. The first-order valence-corrected chi connectivity index (χ1v) is 10.3. The molecule has 4 rings (SSSR count). The molecule has 26 heavy (non-hydrogen) atoms. The highest BCUT2D eigenvalue weighted by atomic mass is 32.2. The number of nitrogens with zero attached hydrogens (tertiary/aromatic N) is 1. The van der Waals surface area contributed by atoms with E-state index in [-0.39, 0.29) is 5.91 Å². The Balaban J connectivity index is 1.47. The molecule has 1 amide bonds. The largest absolute Gasteiger partial charge is 0.361 e. The van der Waals surface area contributed by atoms with Gasteiger partial charge in [0, 0.05) is 30.4 Å². The van der Waals surface area contributed by atoms with Crippen molar-refractivity contribution in [3.8, 4) is 0 Å². The fourth-order valence-electron chi connectivity index (χ4n) is 3.54. The number of aromatic nitrogens is 1. The molecule has 3 aromatic rings. The molecule has 0 atom stereocenters. The fraction of sp³-hybridized carbons (Fsp3) is 0.250. The highest BCUT2D eigenvalue weighted by molar-refractivity contribution is 7.92. The summed E-state index contributed by atoms with van der Waals surface area (Å²) in [4.78, 5) is 18.0. The number of H-pyrrole nitrogens is 1. The van der Waals surface area contributed by atoms with E-state index in [0.717, 1.165) is 10.9 Å². The number of sulfone groups is 1. The lowest BCUT2D eigenvalue weighted by Crippen LogP contribution is -2.42. The number of carbonyl (C=O) groups excluding carboxylic acids is 1. The average Bonchev–Trinajstić information content (AvgIpc) is 3.16. The number of fused-ring (bicyclic) bond motifs is 1. The van der Waals surface area contributed by atoms with Crippen molar-refractivity contribution in [1.82, 2.24) is 9.88 Å². The van der Waals surface area contributed by atoms with Crippen molar-refractivity contribution in [3.05, 3.63) is 66.4 Å². The Morgan fingerprint density at radius 1 is 1.00 bits per heavy atom. The zero-order valence-electron chi connectivity index (χ0n) is 14.3. The van der Waals surface area contributed by atoms with Crippen LogP contribution in [0.15, 0.2) is 65.7 Å². The van der Waals surface area contributed by atoms with Crippen molar-refractivity contribution in [2.24, 2.45) is 0 Å². The molecular formula is C20H20N2O3S. The first-order valence-electron chi connectivity index (χ1n) is 8.71. The zero-order chi connectivity index (χ0) is 18.1. The number of hydrogen-bond donors (Lipinski definition) is 1. The second-order valence-electron chi connectivity index (χ2n) is 6.63. The topological polar surface area (TPSA) is 70.2 Å². The highest BCUT2D eigenvalue weighted by Crippen LogP contribution is 2.25. The molecule has 0 aliphatic carbocycles. The number of benzene rings is 2. The Morgan fingerprint density at radius 3 is 2.46 bits per heavy atom. The monoisotopic (exact) mass is 368 g/mol. The molecule has 1 N–H and O–H groups in total. The first kappa shape index (κ1) is 16.8. The maximum atomic E-state index is 12.8. The summed E-state index contributed by atoms with van der Waals surface area (Å²) in [5.41, 5.74) is 1.56. The Labute approximate surface area is 152 Å². The molecule has 5 nitrogen and oxygen atoms in total. The average molecular weight is 368 g/mol. The zero-order valence-corrected chi connectivity index (χ0v) is 15.1. The van der Waals surface area contributed by atoms with E-state index in [2.05, 4.69) is 4.98 Å². The van der Waals surface area contributed by atoms with Crippen molar-refractivity contribution in [1.29, 1.82) is 0 Å². The van der Waals surface area contributed by atoms with Gasteiger partial charge in [-0.1, -0.05) is 24.3 Å². The van der Waals surface area contributed by atoms with E-state index in [1.165, 1.54) is 0 Å². The van der Waals surface area contributed by atoms with Crippen molar-refractivity contribution in [2.75, 3.05) is 13.1 Å². The molecule has 0 bridgehead atoms. The lowest BCUT2D eigenvalue weighted by atomic mass is 10.1. The van der Waals surface area contributed by atoms with E-state index in [0.29, 0.717) is 36.4 Å². The van der Waals surface area contributed by atoms with E-state index < -0.39 is 15.1 Å². The first-order chi connectivity index (χ1) is 12.6. The van der Waals surface area contributed by atoms with Crippen molar-refractivity contribution < 1.29 is 13.2 Å². The lowest BCUT2D eigenvalue weighted by Gasteiger charge is -2.31. The number of rotatable bonds is 3. The predicted octanol–water partition coefficient (Wildman–Crippen LogP) is 3.25. The number of carbonyl (C=O) groups is 1. The number of piperidine rings is 1. The molecular weight excluding hydrogens is 348 g/mol. The van der Waals surface area contributed by atoms with Gasteiger partial charge in [-0.2, -0.15) is 0 Å². The molecule has 1 aromatic heterocycles. The molecule has 1 fully saturated rings. The van der Waals surface area contributed by atoms with Gasteiger partial charge in [0.1, 0.15) is 0 Å². The Hall–Kier alpha value is -2.60. The van der Waals surface area contributed by atoms with Crippen molar-refractivity contribution >= 4 is 26.6 Å². The fourth-order valence-corrected chi connectivity index (χ4v) is 5.29. The van der Waals surface area contributed by atoms with Crippen LogP contribution in [0, 0.1) is 0 Å². The third-order valence-corrected chi connectivity index (χ3v) is 7.32. The summed E-state index contributed by atoms with van der Waals surface area (Å²) >= 11 is 0. The van der Waals surface area contributed by atoms with E-state index in [1.54, 1.807) is 35.2 Å². The van der Waals surface area contributed by atoms with Crippen LogP contribution in [-0.2, 0) is 9.84 Å². The highest BCUT2D eigenvalue weighted by Gasteiger charge is 2.32. The number of amides is 1. The van der Waals surface area contributed by atoms with Gasteiger partial charge in [0.25, 0.3) is 5.91 Å². The van der Waals surface area contributed by atoms with Gasteiger partial charge in [0.05, 0.1) is 10.1 Å². The van der Waals surface area contributed by atoms with Crippen LogP contribution in [0.2, 0.25) is 0 Å². The molecule has 0 spiro atoms. The minimum Gasteiger partial charge on any atom is -0.361 e. The van der Waals surface area contributed by atoms with Crippen molar-refractivity contribution in [3.63, 3.8) is 0 Å². The molecule has 1 saturated heterocycles. The van der Waals surface area contributed by atoms with Crippen LogP contribution < -0.4 is 0 Å². The minimum atomic E-state index is -3.34. The summed E-state index contributed by atoms with van der Waals surface area (Å²) in [5, 5.41) is 0.633. The van der Waals surface area contributed by atoms with E-state index in [9.17, 15) is 13.2 Å². The van der Waals surface area contributed by atoms with E-state index in [1.807, 2.05) is 30.5 Å². The number of likely N-dealkylation sites (tertiary alicyclic amines) is 1. The summed E-state index contributed by atoms with van der Waals surface area (Å²) in [6.07, 6.45) is 2.78. The van der Waals surface area contributed by atoms with Crippen LogP contribution in [0.5, 0.6) is 0 Å². The van der Waals surface area contributed by atoms with Crippen LogP contribution in [0.1, 0.15) is 23.2 Å². The number of hydrogen-bond acceptors (Lipinski definition) is 3. The lowest BCUT2D eigenvalue weighted by molar-refractivity contribution is 0.0726. The standard InChI is InChI=1S/C20H20N2O3S/c23-20(16-7-6-15-8-11-21-19(15)14-16)22-12-9-18(10-13-22)26(24,25)17-4-2-1-3-5-17/h1-8,11,14,18,21H,9-10,12-13H2. The number of nitrogens with one attached hydrogen (secondary N) is 1. The SMILES string of the molecule is O=C(c1ccc2cc[nH]c2c1)N1CCC(S(=O)(=O)c2ccccc2)CC1. The van der Waals surface area contributed by atoms with Gasteiger partial charge in [0.2, 0.25) is 0 Å². The maximum Gasteiger partial charge on any atom is 0.253 e. The van der Waals surface area contributed by atoms with Gasteiger partial charge in [-0.25, -0.2) is 8.42 Å². The third-order valence-electron chi connectivity index (χ3n) is 5.04. The summed E-state index contributed by atoms with van der Waals surface area (Å²) in [5.74, 6) is -0.0444. The molecule has 2 heterocycles. The normalized spacial score (nSPS) is 16.1. The van der Waals surface area contributed by atoms with Gasteiger partial charge in [-0.05, 0) is 48.6 Å². The van der Waals surface area contributed by atoms with Gasteiger partial charge in [-0.3, -0.25) is 4.79 Å². The van der Waals surface area contributed by atoms with Crippen LogP contribution >= 0.6 is 0 Å². The van der Waals surface area contributed by atoms with Crippen LogP contribution in [0.4, 0.5) is 0 Å². The third kappa shape index (κ3) is 3.01. The summed E-state index contributed by atoms with van der Waals surface area (Å²) < 4.78 is 25.5.